The number of ether oxygens (including phenoxy) is 1. The van der Waals surface area contributed by atoms with Crippen LogP contribution in [-0.2, 0) is 30.8 Å². The topological polar surface area (TPSA) is 92.8 Å². The number of carbonyl (C=O) groups excluding carboxylic acids is 2. The first-order chi connectivity index (χ1) is 18.8. The number of morpholine rings is 1. The molecule has 3 aliphatic rings. The highest BCUT2D eigenvalue weighted by Gasteiger charge is 2.35. The average Bonchev–Trinajstić information content (AvgIpc) is 3.49. The summed E-state index contributed by atoms with van der Waals surface area (Å²) in [4.78, 5) is 31.8. The number of primary amides is 1. The number of fused-ring (bicyclic) bond motifs is 2. The van der Waals surface area contributed by atoms with E-state index in [-0.39, 0.29) is 11.9 Å². The quantitative estimate of drug-likeness (QED) is 0.542. The monoisotopic (exact) mass is 527 g/mol. The fourth-order valence-corrected chi connectivity index (χ4v) is 6.50. The van der Waals surface area contributed by atoms with Crippen LogP contribution in [0.3, 0.4) is 0 Å². The zero-order valence-electron chi connectivity index (χ0n) is 23.0. The van der Waals surface area contributed by atoms with Gasteiger partial charge in [0.05, 0.1) is 18.9 Å². The van der Waals surface area contributed by atoms with Gasteiger partial charge in [0.15, 0.2) is 0 Å². The van der Waals surface area contributed by atoms with Gasteiger partial charge in [0.1, 0.15) is 0 Å². The lowest BCUT2D eigenvalue weighted by Gasteiger charge is -2.40. The summed E-state index contributed by atoms with van der Waals surface area (Å²) in [7, 11) is 0. The molecule has 1 saturated heterocycles. The third-order valence-electron chi connectivity index (χ3n) is 8.88. The summed E-state index contributed by atoms with van der Waals surface area (Å²) in [5.41, 5.74) is 15.6. The molecular weight excluding hydrogens is 490 g/mol. The number of nitrogens with zero attached hydrogens (tertiary/aromatic N) is 3. The second kappa shape index (κ2) is 10.3. The van der Waals surface area contributed by atoms with Gasteiger partial charge in [-0.15, -0.1) is 0 Å². The van der Waals surface area contributed by atoms with Crippen molar-refractivity contribution in [3.63, 3.8) is 0 Å². The Kier molecular flexibility index (Phi) is 6.79. The lowest BCUT2D eigenvalue weighted by molar-refractivity contribution is 0.0193. The van der Waals surface area contributed by atoms with E-state index in [4.69, 9.17) is 10.5 Å². The van der Waals surface area contributed by atoms with Crippen LogP contribution in [0.25, 0.3) is 11.3 Å². The minimum atomic E-state index is -0.534. The molecule has 3 N–H and O–H groups in total. The Morgan fingerprint density at radius 3 is 2.38 bits per heavy atom. The molecule has 4 heterocycles. The molecule has 8 heteroatoms. The zero-order valence-corrected chi connectivity index (χ0v) is 23.0. The van der Waals surface area contributed by atoms with Crippen LogP contribution >= 0.6 is 0 Å². The van der Waals surface area contributed by atoms with Gasteiger partial charge >= 0.3 is 6.03 Å². The molecule has 0 bridgehead atoms. The fourth-order valence-electron chi connectivity index (χ4n) is 6.50. The van der Waals surface area contributed by atoms with Gasteiger partial charge in [0.25, 0.3) is 5.91 Å². The van der Waals surface area contributed by atoms with E-state index in [2.05, 4.69) is 39.4 Å². The largest absolute Gasteiger partial charge is 0.379 e. The summed E-state index contributed by atoms with van der Waals surface area (Å²) < 4.78 is 7.15. The molecule has 0 unspecified atom stereocenters. The van der Waals surface area contributed by atoms with E-state index in [0.29, 0.717) is 12.1 Å². The molecule has 1 fully saturated rings. The normalized spacial score (nSPS) is 19.2. The van der Waals surface area contributed by atoms with Crippen molar-refractivity contribution in [2.45, 2.75) is 52.9 Å². The van der Waals surface area contributed by atoms with Crippen LogP contribution in [0.2, 0.25) is 0 Å². The zero-order chi connectivity index (χ0) is 27.3. The maximum Gasteiger partial charge on any atom is 0.323 e. The summed E-state index contributed by atoms with van der Waals surface area (Å²) in [5, 5.41) is 3.41. The standard InChI is InChI=1S/C31H37N5O3/c1-19-20(2)29(36(21(19)3)31(32)38)27-13-24-15-33-16-25(24)14-28(27)30(37)35-17-23-7-5-4-6-22(23)12-26(35)18-34-8-10-39-11-9-34/h4-7,13-14,26,33H,8-12,15-18H2,1-3H3,(H2,32,38)/t26-/m0/s1. The SMILES string of the molecule is Cc1c(C)c(-c2cc3c(cc2C(=O)N2Cc4ccccc4C[C@H]2CN2CCOCC2)CNC3)n(C(N)=O)c1C. The van der Waals surface area contributed by atoms with Gasteiger partial charge in [-0.3, -0.25) is 14.3 Å². The predicted molar refractivity (Wildman–Crippen MR) is 151 cm³/mol. The lowest BCUT2D eigenvalue weighted by Crippen LogP contribution is -2.52. The Hall–Kier alpha value is -3.46. The summed E-state index contributed by atoms with van der Waals surface area (Å²) in [6.45, 7) is 12.0. The minimum Gasteiger partial charge on any atom is -0.379 e. The van der Waals surface area contributed by atoms with E-state index in [1.165, 1.54) is 11.1 Å². The van der Waals surface area contributed by atoms with Gasteiger partial charge in [-0.1, -0.05) is 24.3 Å². The van der Waals surface area contributed by atoms with Gasteiger partial charge < -0.3 is 20.7 Å². The van der Waals surface area contributed by atoms with Crippen molar-refractivity contribution < 1.29 is 14.3 Å². The summed E-state index contributed by atoms with van der Waals surface area (Å²) in [6, 6.07) is 12.1. The Balaban J connectivity index is 1.47. The second-order valence-corrected chi connectivity index (χ2v) is 11.1. The smallest absolute Gasteiger partial charge is 0.323 e. The molecule has 0 radical (unpaired) electrons. The maximum absolute atomic E-state index is 14.7. The number of nitrogens with one attached hydrogen (secondary N) is 1. The number of nitrogens with two attached hydrogens (primary N) is 1. The van der Waals surface area contributed by atoms with E-state index in [0.717, 1.165) is 91.6 Å². The van der Waals surface area contributed by atoms with E-state index in [1.54, 1.807) is 4.57 Å². The van der Waals surface area contributed by atoms with Crippen LogP contribution in [0.4, 0.5) is 4.79 Å². The number of carbonyl (C=O) groups is 2. The van der Waals surface area contributed by atoms with Crippen molar-refractivity contribution in [1.29, 1.82) is 0 Å². The first-order valence-corrected chi connectivity index (χ1v) is 13.9. The highest BCUT2D eigenvalue weighted by Crippen LogP contribution is 2.37. The molecule has 3 aliphatic heterocycles. The van der Waals surface area contributed by atoms with Gasteiger partial charge in [0.2, 0.25) is 0 Å². The third kappa shape index (κ3) is 4.56. The van der Waals surface area contributed by atoms with E-state index >= 15 is 0 Å². The number of aromatic nitrogens is 1. The summed E-state index contributed by atoms with van der Waals surface area (Å²) in [6.07, 6.45) is 0.815. The van der Waals surface area contributed by atoms with Crippen LogP contribution < -0.4 is 11.1 Å². The van der Waals surface area contributed by atoms with Crippen LogP contribution in [-0.4, -0.2) is 65.2 Å². The van der Waals surface area contributed by atoms with Crippen molar-refractivity contribution in [2.75, 3.05) is 32.8 Å². The fraction of sp³-hybridized carbons (Fsp3) is 0.419. The Bertz CT molecular complexity index is 1450. The number of hydrogen-bond donors (Lipinski definition) is 2. The number of hydrogen-bond acceptors (Lipinski definition) is 5. The summed E-state index contributed by atoms with van der Waals surface area (Å²) >= 11 is 0. The lowest BCUT2D eigenvalue weighted by atomic mass is 9.90. The van der Waals surface area contributed by atoms with E-state index in [9.17, 15) is 9.59 Å². The minimum absolute atomic E-state index is 0.000566. The highest BCUT2D eigenvalue weighted by atomic mass is 16.5. The van der Waals surface area contributed by atoms with Crippen molar-refractivity contribution in [2.24, 2.45) is 5.73 Å². The molecule has 2 aromatic carbocycles. The third-order valence-corrected chi connectivity index (χ3v) is 8.88. The van der Waals surface area contributed by atoms with Crippen molar-refractivity contribution >= 4 is 11.9 Å². The average molecular weight is 528 g/mol. The van der Waals surface area contributed by atoms with Gasteiger partial charge in [-0.05, 0) is 72.7 Å². The molecule has 8 nitrogen and oxygen atoms in total. The molecule has 1 aromatic heterocycles. The molecule has 0 spiro atoms. The van der Waals surface area contributed by atoms with Crippen molar-refractivity contribution in [3.8, 4) is 11.3 Å². The molecule has 0 saturated carbocycles. The Morgan fingerprint density at radius 2 is 1.67 bits per heavy atom. The van der Waals surface area contributed by atoms with Crippen LogP contribution in [0.5, 0.6) is 0 Å². The molecule has 204 valence electrons. The molecule has 2 amide bonds. The summed E-state index contributed by atoms with van der Waals surface area (Å²) in [5.74, 6) is -0.000566. The first-order valence-electron chi connectivity index (χ1n) is 13.9. The van der Waals surface area contributed by atoms with Crippen LogP contribution in [0.15, 0.2) is 36.4 Å². The van der Waals surface area contributed by atoms with E-state index in [1.807, 2.05) is 32.9 Å². The predicted octanol–water partition coefficient (Wildman–Crippen LogP) is 3.51. The Labute approximate surface area is 229 Å². The van der Waals surface area contributed by atoms with E-state index < -0.39 is 6.03 Å². The van der Waals surface area contributed by atoms with Gasteiger partial charge in [-0.2, -0.15) is 0 Å². The highest BCUT2D eigenvalue weighted by molar-refractivity contribution is 6.03. The first kappa shape index (κ1) is 25.8. The van der Waals surface area contributed by atoms with Gasteiger partial charge in [0, 0.05) is 62.1 Å². The molecule has 39 heavy (non-hydrogen) atoms. The van der Waals surface area contributed by atoms with Crippen LogP contribution in [0.1, 0.15) is 49.4 Å². The van der Waals surface area contributed by atoms with Crippen LogP contribution in [0, 0.1) is 20.8 Å². The van der Waals surface area contributed by atoms with Gasteiger partial charge in [-0.25, -0.2) is 4.79 Å². The Morgan fingerprint density at radius 1 is 0.974 bits per heavy atom. The number of benzene rings is 2. The molecule has 1 atom stereocenters. The number of rotatable bonds is 4. The molecule has 3 aromatic rings. The second-order valence-electron chi connectivity index (χ2n) is 11.1. The molecule has 0 aliphatic carbocycles. The molecule has 6 rings (SSSR count). The van der Waals surface area contributed by atoms with Crippen molar-refractivity contribution in [3.05, 3.63) is 81.0 Å². The van der Waals surface area contributed by atoms with Crippen molar-refractivity contribution in [1.82, 2.24) is 19.7 Å². The molecular formula is C31H37N5O3. The number of amides is 2. The maximum atomic E-state index is 14.7.